The van der Waals surface area contributed by atoms with E-state index in [-0.39, 0.29) is 23.5 Å². The monoisotopic (exact) mass is 330 g/mol. The van der Waals surface area contributed by atoms with Gasteiger partial charge in [-0.2, -0.15) is 5.10 Å². The predicted molar refractivity (Wildman–Crippen MR) is 98.6 cm³/mol. The van der Waals surface area contributed by atoms with Crippen molar-refractivity contribution in [2.24, 2.45) is 11.0 Å². The Hall–Kier alpha value is -3.14. The van der Waals surface area contributed by atoms with Gasteiger partial charge >= 0.3 is 0 Å². The summed E-state index contributed by atoms with van der Waals surface area (Å²) < 4.78 is 0. The third-order valence-corrected chi connectivity index (χ3v) is 4.67. The van der Waals surface area contributed by atoms with Gasteiger partial charge in [-0.15, -0.1) is 0 Å². The Bertz CT molecular complexity index is 951. The fraction of sp³-hybridized carbons (Fsp3) is 0.143. The molecular weight excluding hydrogens is 312 g/mol. The zero-order chi connectivity index (χ0) is 17.2. The molecule has 0 spiro atoms. The number of benzene rings is 3. The van der Waals surface area contributed by atoms with Crippen molar-refractivity contribution in [3.63, 3.8) is 0 Å². The minimum Gasteiger partial charge on any atom is -0.507 e. The number of aromatic hydroxyl groups is 1. The molecule has 1 aliphatic carbocycles. The van der Waals surface area contributed by atoms with Crippen LogP contribution in [-0.2, 0) is 4.79 Å². The van der Waals surface area contributed by atoms with E-state index in [0.717, 1.165) is 17.2 Å². The second-order valence-corrected chi connectivity index (χ2v) is 6.31. The summed E-state index contributed by atoms with van der Waals surface area (Å²) in [5.74, 6) is 0.318. The SMILES string of the molecule is O=C(N/N=C\c1c(O)ccc2ccccc12)[C@H]1C[C@@H]1c1ccccc1. The van der Waals surface area contributed by atoms with Crippen LogP contribution in [0.3, 0.4) is 0 Å². The van der Waals surface area contributed by atoms with E-state index >= 15 is 0 Å². The van der Waals surface area contributed by atoms with E-state index in [1.807, 2.05) is 48.5 Å². The summed E-state index contributed by atoms with van der Waals surface area (Å²) in [6.07, 6.45) is 2.36. The fourth-order valence-corrected chi connectivity index (χ4v) is 3.22. The summed E-state index contributed by atoms with van der Waals surface area (Å²) >= 11 is 0. The van der Waals surface area contributed by atoms with Crippen molar-refractivity contribution in [2.75, 3.05) is 0 Å². The molecule has 4 nitrogen and oxygen atoms in total. The van der Waals surface area contributed by atoms with Gasteiger partial charge in [0.2, 0.25) is 5.91 Å². The van der Waals surface area contributed by atoms with E-state index in [9.17, 15) is 9.90 Å². The molecular formula is C21H18N2O2. The molecule has 0 heterocycles. The standard InChI is InChI=1S/C21H18N2O2/c24-20-11-10-15-8-4-5-9-16(15)19(20)13-22-23-21(25)18-12-17(18)14-6-2-1-3-7-14/h1-11,13,17-18,24H,12H2,(H,23,25)/b22-13-/t17-,18+/m1/s1. The van der Waals surface area contributed by atoms with Gasteiger partial charge < -0.3 is 5.11 Å². The molecule has 4 rings (SSSR count). The van der Waals surface area contributed by atoms with Crippen molar-refractivity contribution in [3.8, 4) is 5.75 Å². The molecule has 0 unspecified atom stereocenters. The molecule has 1 amide bonds. The van der Waals surface area contributed by atoms with Crippen LogP contribution in [0.25, 0.3) is 10.8 Å². The number of phenols is 1. The highest BCUT2D eigenvalue weighted by molar-refractivity contribution is 6.02. The molecule has 4 heteroatoms. The number of hydrogen-bond donors (Lipinski definition) is 2. The number of nitrogens with zero attached hydrogens (tertiary/aromatic N) is 1. The number of nitrogens with one attached hydrogen (secondary N) is 1. The normalized spacial score (nSPS) is 19.2. The van der Waals surface area contributed by atoms with Gasteiger partial charge in [0.1, 0.15) is 5.75 Å². The molecule has 1 aliphatic rings. The number of rotatable bonds is 4. The molecule has 1 saturated carbocycles. The number of carbonyl (C=O) groups is 1. The lowest BCUT2D eigenvalue weighted by atomic mass is 10.0. The molecule has 1 fully saturated rings. The highest BCUT2D eigenvalue weighted by Gasteiger charge is 2.43. The van der Waals surface area contributed by atoms with Gasteiger partial charge in [-0.3, -0.25) is 4.79 Å². The molecule has 3 aromatic carbocycles. The van der Waals surface area contributed by atoms with Crippen molar-refractivity contribution in [3.05, 3.63) is 77.9 Å². The summed E-state index contributed by atoms with van der Waals surface area (Å²) in [5.41, 5.74) is 4.40. The summed E-state index contributed by atoms with van der Waals surface area (Å²) in [4.78, 5) is 12.2. The summed E-state index contributed by atoms with van der Waals surface area (Å²) in [6, 6.07) is 21.3. The third-order valence-electron chi connectivity index (χ3n) is 4.67. The molecule has 25 heavy (non-hydrogen) atoms. The molecule has 0 radical (unpaired) electrons. The van der Waals surface area contributed by atoms with Crippen LogP contribution in [0, 0.1) is 5.92 Å². The van der Waals surface area contributed by atoms with Crippen molar-refractivity contribution < 1.29 is 9.90 Å². The van der Waals surface area contributed by atoms with E-state index in [2.05, 4.69) is 22.7 Å². The molecule has 0 aromatic heterocycles. The summed E-state index contributed by atoms with van der Waals surface area (Å²) in [6.45, 7) is 0. The maximum atomic E-state index is 12.2. The average Bonchev–Trinajstić information content (AvgIpc) is 3.45. The van der Waals surface area contributed by atoms with Gasteiger partial charge in [0, 0.05) is 11.5 Å². The predicted octanol–water partition coefficient (Wildman–Crippen LogP) is 3.80. The topological polar surface area (TPSA) is 61.7 Å². The Kier molecular flexibility index (Phi) is 3.94. The number of hydrazone groups is 1. The van der Waals surface area contributed by atoms with Crippen LogP contribution in [0.15, 0.2) is 71.8 Å². The molecule has 3 aromatic rings. The van der Waals surface area contributed by atoms with E-state index in [0.29, 0.717) is 5.56 Å². The minimum absolute atomic E-state index is 0.0272. The first-order valence-electron chi connectivity index (χ1n) is 8.32. The number of hydrogen-bond acceptors (Lipinski definition) is 3. The van der Waals surface area contributed by atoms with Crippen molar-refractivity contribution in [1.82, 2.24) is 5.43 Å². The maximum Gasteiger partial charge on any atom is 0.243 e. The zero-order valence-electron chi connectivity index (χ0n) is 13.6. The number of amides is 1. The van der Waals surface area contributed by atoms with Crippen molar-refractivity contribution in [1.29, 1.82) is 0 Å². The van der Waals surface area contributed by atoms with Crippen molar-refractivity contribution in [2.45, 2.75) is 12.3 Å². The number of fused-ring (bicyclic) bond motifs is 1. The highest BCUT2D eigenvalue weighted by atomic mass is 16.3. The van der Waals surface area contributed by atoms with Crippen LogP contribution in [0.1, 0.15) is 23.5 Å². The lowest BCUT2D eigenvalue weighted by molar-refractivity contribution is -0.122. The highest BCUT2D eigenvalue weighted by Crippen LogP contribution is 2.47. The van der Waals surface area contributed by atoms with Gasteiger partial charge in [0.15, 0.2) is 0 Å². The van der Waals surface area contributed by atoms with E-state index in [1.165, 1.54) is 11.8 Å². The first-order valence-corrected chi connectivity index (χ1v) is 8.32. The zero-order valence-corrected chi connectivity index (χ0v) is 13.6. The molecule has 0 saturated heterocycles. The lowest BCUT2D eigenvalue weighted by Gasteiger charge is -2.05. The van der Waals surface area contributed by atoms with Crippen LogP contribution >= 0.6 is 0 Å². The number of carbonyl (C=O) groups excluding carboxylic acids is 1. The Morgan fingerprint density at radius 2 is 1.80 bits per heavy atom. The lowest BCUT2D eigenvalue weighted by Crippen LogP contribution is -2.20. The Balaban J connectivity index is 1.46. The van der Waals surface area contributed by atoms with Gasteiger partial charge in [0.25, 0.3) is 0 Å². The molecule has 0 bridgehead atoms. The summed E-state index contributed by atoms with van der Waals surface area (Å²) in [7, 11) is 0. The van der Waals surface area contributed by atoms with E-state index in [1.54, 1.807) is 6.07 Å². The van der Waals surface area contributed by atoms with Gasteiger partial charge in [-0.25, -0.2) is 5.43 Å². The fourth-order valence-electron chi connectivity index (χ4n) is 3.22. The maximum absolute atomic E-state index is 12.2. The largest absolute Gasteiger partial charge is 0.507 e. The second-order valence-electron chi connectivity index (χ2n) is 6.31. The second kappa shape index (κ2) is 6.40. The van der Waals surface area contributed by atoms with E-state index < -0.39 is 0 Å². The average molecular weight is 330 g/mol. The molecule has 124 valence electrons. The van der Waals surface area contributed by atoms with Crippen LogP contribution in [-0.4, -0.2) is 17.2 Å². The quantitative estimate of drug-likeness (QED) is 0.564. The number of phenolic OH excluding ortho intramolecular Hbond substituents is 1. The Labute approximate surface area is 145 Å². The van der Waals surface area contributed by atoms with Crippen molar-refractivity contribution >= 4 is 22.9 Å². The first kappa shape index (κ1) is 15.4. The van der Waals surface area contributed by atoms with Crippen LogP contribution in [0.4, 0.5) is 0 Å². The van der Waals surface area contributed by atoms with Crippen LogP contribution < -0.4 is 5.43 Å². The van der Waals surface area contributed by atoms with Gasteiger partial charge in [-0.05, 0) is 34.7 Å². The van der Waals surface area contributed by atoms with Gasteiger partial charge in [0.05, 0.1) is 6.21 Å². The summed E-state index contributed by atoms with van der Waals surface area (Å²) in [5, 5.41) is 16.1. The van der Waals surface area contributed by atoms with E-state index in [4.69, 9.17) is 0 Å². The van der Waals surface area contributed by atoms with Crippen LogP contribution in [0.5, 0.6) is 5.75 Å². The Morgan fingerprint density at radius 1 is 1.04 bits per heavy atom. The minimum atomic E-state index is -0.0789. The van der Waals surface area contributed by atoms with Crippen LogP contribution in [0.2, 0.25) is 0 Å². The van der Waals surface area contributed by atoms with Gasteiger partial charge in [-0.1, -0.05) is 60.7 Å². The molecule has 2 N–H and O–H groups in total. The Morgan fingerprint density at radius 3 is 2.64 bits per heavy atom. The first-order chi connectivity index (χ1) is 12.2. The molecule has 2 atom stereocenters. The third kappa shape index (κ3) is 3.11. The molecule has 0 aliphatic heterocycles. The smallest absolute Gasteiger partial charge is 0.243 e.